The van der Waals surface area contributed by atoms with Crippen molar-refractivity contribution in [3.05, 3.63) is 29.1 Å². The van der Waals surface area contributed by atoms with Crippen molar-refractivity contribution >= 4 is 0 Å². The van der Waals surface area contributed by atoms with Gasteiger partial charge in [-0.05, 0) is 0 Å². The van der Waals surface area contributed by atoms with Crippen molar-refractivity contribution in [2.75, 3.05) is 7.11 Å². The smallest absolute Gasteiger partial charge is 0.417 e. The van der Waals surface area contributed by atoms with Crippen molar-refractivity contribution in [3.8, 4) is 5.88 Å². The molecule has 0 fully saturated rings. The maximum atomic E-state index is 12.1. The lowest BCUT2D eigenvalue weighted by molar-refractivity contribution is -0.612. The summed E-state index contributed by atoms with van der Waals surface area (Å²) in [5.41, 5.74) is -0.906. The molecule has 0 atom stereocenters. The summed E-state index contributed by atoms with van der Waals surface area (Å²) in [4.78, 5) is 0. The monoisotopic (exact) mass is 193 g/mol. The van der Waals surface area contributed by atoms with Gasteiger partial charge in [-0.15, -0.1) is 4.73 Å². The number of methoxy groups -OCH3 is 1. The number of halogens is 3. The summed E-state index contributed by atoms with van der Waals surface area (Å²) >= 11 is 0. The Morgan fingerprint density at radius 1 is 1.46 bits per heavy atom. The topological polar surface area (TPSA) is 36.2 Å². The van der Waals surface area contributed by atoms with Crippen LogP contribution in [0.3, 0.4) is 0 Å². The number of aromatic nitrogens is 1. The van der Waals surface area contributed by atoms with E-state index < -0.39 is 11.7 Å². The number of ether oxygens (including phenoxy) is 1. The molecule has 13 heavy (non-hydrogen) atoms. The van der Waals surface area contributed by atoms with Crippen molar-refractivity contribution in [2.45, 2.75) is 6.18 Å². The number of hydrogen-bond donors (Lipinski definition) is 0. The maximum Gasteiger partial charge on any atom is 0.417 e. The maximum absolute atomic E-state index is 12.1. The second-order valence-electron chi connectivity index (χ2n) is 2.28. The van der Waals surface area contributed by atoms with E-state index in [2.05, 4.69) is 4.74 Å². The van der Waals surface area contributed by atoms with Crippen LogP contribution < -0.4 is 9.47 Å². The highest BCUT2D eigenvalue weighted by Crippen LogP contribution is 2.29. The molecule has 0 aliphatic rings. The van der Waals surface area contributed by atoms with E-state index in [4.69, 9.17) is 0 Å². The largest absolute Gasteiger partial charge is 0.616 e. The molecule has 0 aliphatic carbocycles. The first kappa shape index (κ1) is 9.63. The highest BCUT2D eigenvalue weighted by atomic mass is 19.4. The summed E-state index contributed by atoms with van der Waals surface area (Å²) in [6.45, 7) is 0. The van der Waals surface area contributed by atoms with Gasteiger partial charge in [0.05, 0.1) is 18.7 Å². The first-order valence-corrected chi connectivity index (χ1v) is 3.29. The van der Waals surface area contributed by atoms with Crippen molar-refractivity contribution in [2.24, 2.45) is 0 Å². The van der Waals surface area contributed by atoms with Crippen molar-refractivity contribution in [3.63, 3.8) is 0 Å². The second kappa shape index (κ2) is 3.12. The Labute approximate surface area is 71.9 Å². The minimum absolute atomic E-state index is 0.218. The molecule has 0 aromatic carbocycles. The van der Waals surface area contributed by atoms with E-state index in [9.17, 15) is 18.4 Å². The van der Waals surface area contributed by atoms with Crippen LogP contribution in [0, 0.1) is 5.21 Å². The van der Waals surface area contributed by atoms with E-state index >= 15 is 0 Å². The Morgan fingerprint density at radius 2 is 2.08 bits per heavy atom. The van der Waals surface area contributed by atoms with Gasteiger partial charge in [0.2, 0.25) is 0 Å². The van der Waals surface area contributed by atoms with E-state index in [1.807, 2.05) is 0 Å². The summed E-state index contributed by atoms with van der Waals surface area (Å²) in [7, 11) is 1.13. The van der Waals surface area contributed by atoms with Gasteiger partial charge in [-0.2, -0.15) is 13.2 Å². The fourth-order valence-corrected chi connectivity index (χ4v) is 0.791. The Hall–Kier alpha value is -1.46. The fourth-order valence-electron chi connectivity index (χ4n) is 0.791. The van der Waals surface area contributed by atoms with Crippen LogP contribution in [0.25, 0.3) is 0 Å². The van der Waals surface area contributed by atoms with Crippen LogP contribution in [0.15, 0.2) is 18.3 Å². The van der Waals surface area contributed by atoms with Crippen LogP contribution in [0.4, 0.5) is 13.2 Å². The number of rotatable bonds is 1. The zero-order valence-corrected chi connectivity index (χ0v) is 6.63. The number of nitrogens with zero attached hydrogens (tertiary/aromatic N) is 1. The lowest BCUT2D eigenvalue weighted by atomic mass is 10.2. The summed E-state index contributed by atoms with van der Waals surface area (Å²) in [6, 6.07) is 1.34. The molecule has 0 N–H and O–H groups in total. The first-order chi connectivity index (χ1) is 5.95. The Bertz CT molecular complexity index is 311. The predicted octanol–water partition coefficient (Wildman–Crippen LogP) is 1.35. The van der Waals surface area contributed by atoms with Crippen LogP contribution in [0.2, 0.25) is 0 Å². The Kier molecular flexibility index (Phi) is 2.31. The normalized spacial score (nSPS) is 11.4. The standard InChI is InChI=1S/C7H6F3NO2/c1-13-6-4-5(7(8,9)10)2-3-11(6)12/h2-4H,1H3. The van der Waals surface area contributed by atoms with Crippen LogP contribution >= 0.6 is 0 Å². The van der Waals surface area contributed by atoms with Gasteiger partial charge >= 0.3 is 12.1 Å². The number of pyridine rings is 1. The van der Waals surface area contributed by atoms with E-state index in [1.165, 1.54) is 0 Å². The molecule has 0 aliphatic heterocycles. The van der Waals surface area contributed by atoms with Crippen molar-refractivity contribution < 1.29 is 22.6 Å². The quantitative estimate of drug-likeness (QED) is 0.498. The first-order valence-electron chi connectivity index (χ1n) is 3.29. The highest BCUT2D eigenvalue weighted by Gasteiger charge is 2.32. The van der Waals surface area contributed by atoms with E-state index in [0.717, 1.165) is 13.3 Å². The average Bonchev–Trinajstić information content (AvgIpc) is 2.03. The molecular formula is C7H6F3NO2. The molecular weight excluding hydrogens is 187 g/mol. The molecule has 0 amide bonds. The molecule has 1 aromatic rings. The third-order valence-corrected chi connectivity index (χ3v) is 1.42. The molecule has 0 bridgehead atoms. The van der Waals surface area contributed by atoms with Gasteiger partial charge in [-0.3, -0.25) is 0 Å². The molecule has 3 nitrogen and oxygen atoms in total. The van der Waals surface area contributed by atoms with Crippen LogP contribution in [0.1, 0.15) is 5.56 Å². The lowest BCUT2D eigenvalue weighted by Crippen LogP contribution is -2.28. The Balaban J connectivity index is 3.14. The molecule has 1 rings (SSSR count). The van der Waals surface area contributed by atoms with Crippen molar-refractivity contribution in [1.82, 2.24) is 0 Å². The van der Waals surface area contributed by atoms with E-state index in [0.29, 0.717) is 12.1 Å². The summed E-state index contributed by atoms with van der Waals surface area (Å²) < 4.78 is 40.9. The third-order valence-electron chi connectivity index (χ3n) is 1.42. The van der Waals surface area contributed by atoms with Gasteiger partial charge < -0.3 is 9.94 Å². The zero-order valence-electron chi connectivity index (χ0n) is 6.63. The summed E-state index contributed by atoms with van der Waals surface area (Å²) in [5.74, 6) is -0.380. The van der Waals surface area contributed by atoms with Gasteiger partial charge in [-0.25, -0.2) is 0 Å². The fraction of sp³-hybridized carbons (Fsp3) is 0.286. The summed E-state index contributed by atoms with van der Waals surface area (Å²) in [6.07, 6.45) is -3.71. The van der Waals surface area contributed by atoms with Crippen LogP contribution in [-0.2, 0) is 6.18 Å². The van der Waals surface area contributed by atoms with Gasteiger partial charge in [0.25, 0.3) is 0 Å². The number of hydrogen-bond acceptors (Lipinski definition) is 2. The number of alkyl halides is 3. The summed E-state index contributed by atoms with van der Waals surface area (Å²) in [5, 5.41) is 10.8. The molecule has 0 saturated heterocycles. The average molecular weight is 193 g/mol. The molecule has 72 valence electrons. The van der Waals surface area contributed by atoms with Crippen molar-refractivity contribution in [1.29, 1.82) is 0 Å². The van der Waals surface area contributed by atoms with E-state index in [1.54, 1.807) is 0 Å². The molecule has 0 radical (unpaired) electrons. The van der Waals surface area contributed by atoms with E-state index in [-0.39, 0.29) is 10.6 Å². The van der Waals surface area contributed by atoms with Gasteiger partial charge in [0.15, 0.2) is 6.20 Å². The Morgan fingerprint density at radius 3 is 2.54 bits per heavy atom. The highest BCUT2D eigenvalue weighted by molar-refractivity contribution is 5.19. The SMILES string of the molecule is COc1cc(C(F)(F)F)cc[n+]1[O-]. The minimum atomic E-state index is -4.46. The second-order valence-corrected chi connectivity index (χ2v) is 2.28. The van der Waals surface area contributed by atoms with Crippen LogP contribution in [0.5, 0.6) is 5.88 Å². The third kappa shape index (κ3) is 2.01. The van der Waals surface area contributed by atoms with Gasteiger partial charge in [0.1, 0.15) is 0 Å². The molecule has 1 aromatic heterocycles. The minimum Gasteiger partial charge on any atom is -0.616 e. The van der Waals surface area contributed by atoms with Crippen LogP contribution in [-0.4, -0.2) is 7.11 Å². The molecule has 0 spiro atoms. The lowest BCUT2D eigenvalue weighted by Gasteiger charge is -2.07. The molecule has 0 saturated carbocycles. The molecule has 0 unspecified atom stereocenters. The molecule has 6 heteroatoms. The van der Waals surface area contributed by atoms with Gasteiger partial charge in [0, 0.05) is 6.07 Å². The zero-order chi connectivity index (χ0) is 10.1. The predicted molar refractivity (Wildman–Crippen MR) is 37.0 cm³/mol. The van der Waals surface area contributed by atoms with Gasteiger partial charge in [-0.1, -0.05) is 0 Å². The molecule has 1 heterocycles.